The molecule has 1 atom stereocenters. The fraction of sp³-hybridized carbons (Fsp3) is 0.333. The number of hydroxylamine groups is 2. The van der Waals surface area contributed by atoms with Gasteiger partial charge in [0.05, 0.1) is 6.20 Å². The summed E-state index contributed by atoms with van der Waals surface area (Å²) in [4.78, 5) is 0. The topological polar surface area (TPSA) is 53.5 Å². The van der Waals surface area contributed by atoms with E-state index in [1.54, 1.807) is 12.3 Å². The quantitative estimate of drug-likeness (QED) is 0.433. The van der Waals surface area contributed by atoms with Crippen LogP contribution in [0.15, 0.2) is 23.9 Å². The van der Waals surface area contributed by atoms with Gasteiger partial charge < -0.3 is 16.0 Å². The van der Waals surface area contributed by atoms with Gasteiger partial charge in [-0.2, -0.15) is 0 Å². The Morgan fingerprint density at radius 2 is 2.56 bits per heavy atom. The number of nitrogens with two attached hydrogens (primary N) is 1. The third-order valence-corrected chi connectivity index (χ3v) is 1.28. The average Bonchev–Trinajstić information content (AvgIpc) is 1.90. The minimum absolute atomic E-state index is 0.159. The highest BCUT2D eigenvalue weighted by Crippen LogP contribution is 1.92. The number of hydrogen-bond donors (Lipinski definition) is 2. The van der Waals surface area contributed by atoms with Crippen LogP contribution in [0.5, 0.6) is 0 Å². The fourth-order valence-corrected chi connectivity index (χ4v) is 0.719. The Morgan fingerprint density at radius 3 is 3.00 bits per heavy atom. The summed E-state index contributed by atoms with van der Waals surface area (Å²) in [5.41, 5.74) is 6.37. The van der Waals surface area contributed by atoms with Crippen molar-refractivity contribution in [1.82, 2.24) is 0 Å². The predicted molar refractivity (Wildman–Crippen MR) is 35.5 cm³/mol. The fourth-order valence-electron chi connectivity index (χ4n) is 0.719. The lowest BCUT2D eigenvalue weighted by Crippen LogP contribution is -3.02. The molecule has 3 heteroatoms. The zero-order valence-corrected chi connectivity index (χ0v) is 5.13. The molecular weight excluding hydrogens is 116 g/mol. The summed E-state index contributed by atoms with van der Waals surface area (Å²) in [6.07, 6.45) is 5.20. The molecule has 1 unspecified atom stereocenters. The van der Waals surface area contributed by atoms with Crippen molar-refractivity contribution in [2.24, 2.45) is 5.73 Å². The largest absolute Gasteiger partial charge is 0.629 e. The highest BCUT2D eigenvalue weighted by Gasteiger charge is 1.97. The third-order valence-electron chi connectivity index (χ3n) is 1.28. The Labute approximate surface area is 54.0 Å². The van der Waals surface area contributed by atoms with E-state index in [4.69, 9.17) is 5.73 Å². The zero-order valence-electron chi connectivity index (χ0n) is 5.13. The average molecular weight is 126 g/mol. The van der Waals surface area contributed by atoms with Crippen LogP contribution >= 0.6 is 0 Å². The number of nitrogens with one attached hydrogen (secondary N) is 1. The van der Waals surface area contributed by atoms with Gasteiger partial charge in [-0.1, -0.05) is 0 Å². The van der Waals surface area contributed by atoms with Crippen molar-refractivity contribution in [2.75, 3.05) is 13.1 Å². The zero-order chi connectivity index (χ0) is 6.69. The standard InChI is InChI=1S/C6H10N2O/c7-5-6-1-3-8(9)4-2-6/h1-3,8H,4-5,7H2. The van der Waals surface area contributed by atoms with Crippen LogP contribution in [0, 0.1) is 5.21 Å². The van der Waals surface area contributed by atoms with Gasteiger partial charge in [-0.15, -0.1) is 0 Å². The van der Waals surface area contributed by atoms with Gasteiger partial charge in [-0.3, -0.25) is 0 Å². The normalized spacial score (nSPS) is 26.0. The molecule has 0 amide bonds. The molecule has 3 N–H and O–H groups in total. The second-order valence-electron chi connectivity index (χ2n) is 1.99. The summed E-state index contributed by atoms with van der Waals surface area (Å²) in [5, 5.41) is 10.7. The molecule has 1 aliphatic heterocycles. The smallest absolute Gasteiger partial charge is 0.100 e. The Bertz CT molecular complexity index is 151. The minimum Gasteiger partial charge on any atom is -0.629 e. The van der Waals surface area contributed by atoms with Crippen LogP contribution in [-0.4, -0.2) is 13.1 Å². The molecule has 0 aromatic heterocycles. The molecule has 0 fully saturated rings. The first-order valence-electron chi connectivity index (χ1n) is 2.93. The van der Waals surface area contributed by atoms with Crippen LogP contribution in [0.3, 0.4) is 0 Å². The summed E-state index contributed by atoms with van der Waals surface area (Å²) in [6, 6.07) is 0. The monoisotopic (exact) mass is 126 g/mol. The van der Waals surface area contributed by atoms with E-state index in [-0.39, 0.29) is 5.06 Å². The van der Waals surface area contributed by atoms with Crippen molar-refractivity contribution in [2.45, 2.75) is 0 Å². The lowest BCUT2D eigenvalue weighted by atomic mass is 10.2. The summed E-state index contributed by atoms with van der Waals surface area (Å²) in [7, 11) is 0. The van der Waals surface area contributed by atoms with Crippen LogP contribution in [0.25, 0.3) is 0 Å². The first-order valence-corrected chi connectivity index (χ1v) is 2.93. The van der Waals surface area contributed by atoms with E-state index < -0.39 is 0 Å². The Hall–Kier alpha value is -0.640. The van der Waals surface area contributed by atoms with E-state index in [2.05, 4.69) is 0 Å². The number of rotatable bonds is 1. The number of hydrogen-bond acceptors (Lipinski definition) is 2. The molecular formula is C6H10N2O. The molecule has 9 heavy (non-hydrogen) atoms. The van der Waals surface area contributed by atoms with Crippen molar-refractivity contribution in [1.29, 1.82) is 0 Å². The van der Waals surface area contributed by atoms with Gasteiger partial charge in [-0.05, 0) is 17.7 Å². The van der Waals surface area contributed by atoms with Crippen molar-refractivity contribution < 1.29 is 5.06 Å². The van der Waals surface area contributed by atoms with Gasteiger partial charge in [-0.25, -0.2) is 0 Å². The number of quaternary nitrogens is 1. The van der Waals surface area contributed by atoms with Crippen LogP contribution in [-0.2, 0) is 0 Å². The molecule has 50 valence electrons. The van der Waals surface area contributed by atoms with Crippen LogP contribution in [0.2, 0.25) is 0 Å². The van der Waals surface area contributed by atoms with E-state index in [1.807, 2.05) is 6.08 Å². The lowest BCUT2D eigenvalue weighted by Gasteiger charge is -2.18. The Balaban J connectivity index is 2.52. The molecule has 0 radical (unpaired) electrons. The van der Waals surface area contributed by atoms with Crippen LogP contribution < -0.4 is 10.8 Å². The maximum absolute atomic E-state index is 10.6. The molecule has 0 bridgehead atoms. The van der Waals surface area contributed by atoms with Crippen molar-refractivity contribution in [3.05, 3.63) is 29.1 Å². The Kier molecular flexibility index (Phi) is 2.00. The second kappa shape index (κ2) is 2.77. The van der Waals surface area contributed by atoms with Gasteiger partial charge in [0.1, 0.15) is 6.54 Å². The van der Waals surface area contributed by atoms with E-state index in [0.717, 1.165) is 5.57 Å². The van der Waals surface area contributed by atoms with Gasteiger partial charge in [0, 0.05) is 6.54 Å². The van der Waals surface area contributed by atoms with E-state index in [9.17, 15) is 5.21 Å². The van der Waals surface area contributed by atoms with Crippen molar-refractivity contribution in [3.8, 4) is 0 Å². The molecule has 0 saturated heterocycles. The van der Waals surface area contributed by atoms with E-state index in [0.29, 0.717) is 13.1 Å². The summed E-state index contributed by atoms with van der Waals surface area (Å²) in [6.45, 7) is 1.05. The van der Waals surface area contributed by atoms with Gasteiger partial charge in [0.2, 0.25) is 0 Å². The highest BCUT2D eigenvalue weighted by atomic mass is 16.5. The minimum atomic E-state index is 0.159. The maximum Gasteiger partial charge on any atom is 0.100 e. The third kappa shape index (κ3) is 1.64. The molecule has 3 nitrogen and oxygen atoms in total. The summed E-state index contributed by atoms with van der Waals surface area (Å²) >= 11 is 0. The molecule has 1 heterocycles. The molecule has 0 aromatic carbocycles. The summed E-state index contributed by atoms with van der Waals surface area (Å²) < 4.78 is 0. The molecule has 1 aliphatic rings. The SMILES string of the molecule is NCC1=CC[NH+]([O-])C=C1. The summed E-state index contributed by atoms with van der Waals surface area (Å²) in [5.74, 6) is 0. The lowest BCUT2D eigenvalue weighted by molar-refractivity contribution is -0.784. The second-order valence-corrected chi connectivity index (χ2v) is 1.99. The first kappa shape index (κ1) is 6.48. The van der Waals surface area contributed by atoms with E-state index >= 15 is 0 Å². The van der Waals surface area contributed by atoms with Gasteiger partial charge >= 0.3 is 0 Å². The maximum atomic E-state index is 10.6. The van der Waals surface area contributed by atoms with Crippen LogP contribution in [0.1, 0.15) is 0 Å². The molecule has 0 aliphatic carbocycles. The molecule has 1 rings (SSSR count). The Morgan fingerprint density at radius 1 is 1.78 bits per heavy atom. The first-order chi connectivity index (χ1) is 4.33. The molecule has 0 spiro atoms. The molecule has 0 saturated carbocycles. The predicted octanol–water partition coefficient (Wildman–Crippen LogP) is -1.22. The van der Waals surface area contributed by atoms with Gasteiger partial charge in [0.25, 0.3) is 0 Å². The molecule has 0 aromatic rings. The van der Waals surface area contributed by atoms with Gasteiger partial charge in [0.15, 0.2) is 0 Å². The van der Waals surface area contributed by atoms with Crippen molar-refractivity contribution >= 4 is 0 Å². The van der Waals surface area contributed by atoms with E-state index in [1.165, 1.54) is 0 Å². The highest BCUT2D eigenvalue weighted by molar-refractivity contribution is 5.20. The van der Waals surface area contributed by atoms with Crippen molar-refractivity contribution in [3.63, 3.8) is 0 Å². The van der Waals surface area contributed by atoms with Crippen LogP contribution in [0.4, 0.5) is 0 Å².